The van der Waals surface area contributed by atoms with E-state index < -0.39 is 0 Å². The Bertz CT molecular complexity index is 262. The Kier molecular flexibility index (Phi) is 5.05. The van der Waals surface area contributed by atoms with Crippen LogP contribution in [0.1, 0.15) is 45.4 Å². The van der Waals surface area contributed by atoms with Crippen LogP contribution in [0.15, 0.2) is 11.6 Å². The lowest BCUT2D eigenvalue weighted by Crippen LogP contribution is -2.34. The van der Waals surface area contributed by atoms with E-state index in [0.717, 1.165) is 31.4 Å². The molecule has 1 N–H and O–H groups in total. The van der Waals surface area contributed by atoms with Crippen molar-refractivity contribution in [2.75, 3.05) is 20.2 Å². The van der Waals surface area contributed by atoms with Crippen LogP contribution < -0.4 is 5.32 Å². The fourth-order valence-corrected chi connectivity index (χ4v) is 3.34. The molecular weight excluding hydrogens is 210 g/mol. The Balaban J connectivity index is 1.79. The van der Waals surface area contributed by atoms with Crippen molar-refractivity contribution in [1.29, 1.82) is 0 Å². The van der Waals surface area contributed by atoms with Crippen molar-refractivity contribution in [3.63, 3.8) is 0 Å². The smallest absolute Gasteiger partial charge is 0.0606 e. The van der Waals surface area contributed by atoms with Gasteiger partial charge in [-0.15, -0.1) is 0 Å². The molecule has 2 heteroatoms. The summed E-state index contributed by atoms with van der Waals surface area (Å²) in [6.45, 7) is 4.29. The molecule has 1 fully saturated rings. The molecule has 0 aliphatic heterocycles. The molecule has 98 valence electrons. The summed E-state index contributed by atoms with van der Waals surface area (Å²) in [7, 11) is 2.00. The highest BCUT2D eigenvalue weighted by atomic mass is 16.5. The van der Waals surface area contributed by atoms with Crippen LogP contribution in [0.5, 0.6) is 0 Å². The molecule has 3 unspecified atom stereocenters. The molecule has 0 aromatic rings. The van der Waals surface area contributed by atoms with E-state index in [1.54, 1.807) is 5.57 Å². The summed E-state index contributed by atoms with van der Waals surface area (Å²) in [5.74, 6) is 1.67. The molecule has 0 radical (unpaired) electrons. The van der Waals surface area contributed by atoms with E-state index in [2.05, 4.69) is 18.3 Å². The van der Waals surface area contributed by atoms with Gasteiger partial charge in [0.05, 0.1) is 6.10 Å². The van der Waals surface area contributed by atoms with Crippen molar-refractivity contribution in [3.8, 4) is 0 Å². The monoisotopic (exact) mass is 237 g/mol. The fraction of sp³-hybridized carbons (Fsp3) is 0.867. The number of hydrogen-bond donors (Lipinski definition) is 1. The van der Waals surface area contributed by atoms with Crippen molar-refractivity contribution in [3.05, 3.63) is 11.6 Å². The molecule has 2 rings (SSSR count). The lowest BCUT2D eigenvalue weighted by atomic mass is 9.71. The quantitative estimate of drug-likeness (QED) is 0.566. The number of rotatable bonds is 6. The minimum Gasteiger partial charge on any atom is -0.378 e. The third-order valence-electron chi connectivity index (χ3n) is 4.31. The predicted octanol–water partition coefficient (Wildman–Crippen LogP) is 3.14. The summed E-state index contributed by atoms with van der Waals surface area (Å²) >= 11 is 0. The lowest BCUT2D eigenvalue weighted by Gasteiger charge is -2.39. The third kappa shape index (κ3) is 3.56. The van der Waals surface area contributed by atoms with Crippen LogP contribution in [0.2, 0.25) is 0 Å². The van der Waals surface area contributed by atoms with Gasteiger partial charge in [-0.05, 0) is 64.0 Å². The van der Waals surface area contributed by atoms with Crippen molar-refractivity contribution < 1.29 is 4.74 Å². The number of allylic oxidation sites excluding steroid dienone is 2. The van der Waals surface area contributed by atoms with Crippen LogP contribution in [0.3, 0.4) is 0 Å². The Morgan fingerprint density at radius 1 is 1.41 bits per heavy atom. The van der Waals surface area contributed by atoms with Gasteiger partial charge in [0.1, 0.15) is 0 Å². The number of nitrogens with one attached hydrogen (secondary N) is 1. The summed E-state index contributed by atoms with van der Waals surface area (Å²) in [4.78, 5) is 0. The zero-order valence-electron chi connectivity index (χ0n) is 11.4. The highest BCUT2D eigenvalue weighted by Gasteiger charge is 2.33. The molecule has 2 aliphatic carbocycles. The van der Waals surface area contributed by atoms with Gasteiger partial charge >= 0.3 is 0 Å². The number of ether oxygens (including phenoxy) is 1. The standard InChI is InChI=1S/C15H27NO/c1-3-12-9-13-5-6-15(14(10-12)11-13)17-8-4-7-16-2/h9,13-16H,3-8,10-11H2,1-2H3. The van der Waals surface area contributed by atoms with Crippen molar-refractivity contribution in [2.24, 2.45) is 11.8 Å². The highest BCUT2D eigenvalue weighted by molar-refractivity contribution is 5.12. The van der Waals surface area contributed by atoms with E-state index >= 15 is 0 Å². The zero-order chi connectivity index (χ0) is 12.1. The first-order chi connectivity index (χ1) is 8.33. The Hall–Kier alpha value is -0.340. The Labute approximate surface area is 106 Å². The molecule has 0 amide bonds. The summed E-state index contributed by atoms with van der Waals surface area (Å²) in [6, 6.07) is 0. The second kappa shape index (κ2) is 6.55. The van der Waals surface area contributed by atoms with Gasteiger partial charge in [-0.25, -0.2) is 0 Å². The minimum atomic E-state index is 0.540. The van der Waals surface area contributed by atoms with Gasteiger partial charge in [0, 0.05) is 6.61 Å². The van der Waals surface area contributed by atoms with Gasteiger partial charge in [0.25, 0.3) is 0 Å². The van der Waals surface area contributed by atoms with Gasteiger partial charge < -0.3 is 10.1 Å². The topological polar surface area (TPSA) is 21.3 Å². The molecule has 0 spiro atoms. The first kappa shape index (κ1) is 13.1. The fourth-order valence-electron chi connectivity index (χ4n) is 3.34. The van der Waals surface area contributed by atoms with Crippen molar-refractivity contribution in [2.45, 2.75) is 51.6 Å². The minimum absolute atomic E-state index is 0.540. The van der Waals surface area contributed by atoms with Gasteiger partial charge in [-0.2, -0.15) is 0 Å². The average Bonchev–Trinajstić information content (AvgIpc) is 2.36. The van der Waals surface area contributed by atoms with Crippen LogP contribution in [0.4, 0.5) is 0 Å². The third-order valence-corrected chi connectivity index (χ3v) is 4.31. The largest absolute Gasteiger partial charge is 0.378 e. The van der Waals surface area contributed by atoms with Crippen LogP contribution >= 0.6 is 0 Å². The lowest BCUT2D eigenvalue weighted by molar-refractivity contribution is -0.0221. The van der Waals surface area contributed by atoms with E-state index in [0.29, 0.717) is 6.10 Å². The summed E-state index contributed by atoms with van der Waals surface area (Å²) in [6.07, 6.45) is 10.8. The van der Waals surface area contributed by atoms with E-state index in [-0.39, 0.29) is 0 Å². The molecule has 0 aromatic carbocycles. The molecule has 2 aliphatic rings. The SMILES string of the molecule is CCC1=CC2CCC(OCCCNC)C(C1)C2. The summed E-state index contributed by atoms with van der Waals surface area (Å²) in [5.41, 5.74) is 1.68. The predicted molar refractivity (Wildman–Crippen MR) is 72.1 cm³/mol. The van der Waals surface area contributed by atoms with Gasteiger partial charge in [0.2, 0.25) is 0 Å². The second-order valence-corrected chi connectivity index (χ2v) is 5.58. The van der Waals surface area contributed by atoms with Crippen molar-refractivity contribution in [1.82, 2.24) is 5.32 Å². The van der Waals surface area contributed by atoms with Gasteiger partial charge in [-0.1, -0.05) is 18.6 Å². The maximum absolute atomic E-state index is 6.10. The van der Waals surface area contributed by atoms with Crippen molar-refractivity contribution >= 4 is 0 Å². The van der Waals surface area contributed by atoms with Gasteiger partial charge in [-0.3, -0.25) is 0 Å². The number of fused-ring (bicyclic) bond motifs is 2. The zero-order valence-corrected chi connectivity index (χ0v) is 11.4. The van der Waals surface area contributed by atoms with E-state index in [1.165, 1.54) is 32.1 Å². The van der Waals surface area contributed by atoms with E-state index in [1.807, 2.05) is 7.05 Å². The van der Waals surface area contributed by atoms with Crippen LogP contribution in [0, 0.1) is 11.8 Å². The maximum Gasteiger partial charge on any atom is 0.0606 e. The Morgan fingerprint density at radius 3 is 3.06 bits per heavy atom. The van der Waals surface area contributed by atoms with Crippen LogP contribution in [-0.4, -0.2) is 26.3 Å². The molecule has 0 aromatic heterocycles. The first-order valence-corrected chi connectivity index (χ1v) is 7.29. The highest BCUT2D eigenvalue weighted by Crippen LogP contribution is 2.41. The van der Waals surface area contributed by atoms with E-state index in [9.17, 15) is 0 Å². The molecule has 3 atom stereocenters. The molecule has 0 saturated heterocycles. The average molecular weight is 237 g/mol. The molecular formula is C15H27NO. The summed E-state index contributed by atoms with van der Waals surface area (Å²) in [5, 5.41) is 3.18. The second-order valence-electron chi connectivity index (χ2n) is 5.58. The van der Waals surface area contributed by atoms with E-state index in [4.69, 9.17) is 4.74 Å². The maximum atomic E-state index is 6.10. The molecule has 1 saturated carbocycles. The molecule has 17 heavy (non-hydrogen) atoms. The van der Waals surface area contributed by atoms with Crippen LogP contribution in [0.25, 0.3) is 0 Å². The number of hydrogen-bond acceptors (Lipinski definition) is 2. The summed E-state index contributed by atoms with van der Waals surface area (Å²) < 4.78 is 6.10. The Morgan fingerprint density at radius 2 is 2.29 bits per heavy atom. The van der Waals surface area contributed by atoms with Gasteiger partial charge in [0.15, 0.2) is 0 Å². The molecule has 2 bridgehead atoms. The normalized spacial score (nSPS) is 32.4. The molecule has 0 heterocycles. The van der Waals surface area contributed by atoms with Crippen LogP contribution in [-0.2, 0) is 4.74 Å². The first-order valence-electron chi connectivity index (χ1n) is 7.29. The molecule has 2 nitrogen and oxygen atoms in total.